The van der Waals surface area contributed by atoms with E-state index in [2.05, 4.69) is 6.92 Å². The molecule has 0 amide bonds. The summed E-state index contributed by atoms with van der Waals surface area (Å²) in [6, 6.07) is 0. The van der Waals surface area contributed by atoms with Crippen LogP contribution >= 0.6 is 0 Å². The second kappa shape index (κ2) is 5.56. The van der Waals surface area contributed by atoms with E-state index >= 15 is 0 Å². The summed E-state index contributed by atoms with van der Waals surface area (Å²) in [6.07, 6.45) is 9.24. The van der Waals surface area contributed by atoms with Gasteiger partial charge in [0.1, 0.15) is 5.78 Å². The third-order valence-electron chi connectivity index (χ3n) is 5.35. The second-order valence-electron chi connectivity index (χ2n) is 6.63. The molecule has 21 heavy (non-hydrogen) atoms. The molecule has 4 heteroatoms. The van der Waals surface area contributed by atoms with E-state index in [1.807, 2.05) is 12.2 Å². The summed E-state index contributed by atoms with van der Waals surface area (Å²) in [5.74, 6) is -0.745. The van der Waals surface area contributed by atoms with Gasteiger partial charge in [-0.05, 0) is 32.6 Å². The van der Waals surface area contributed by atoms with E-state index in [0.717, 1.165) is 19.3 Å². The fourth-order valence-corrected chi connectivity index (χ4v) is 4.08. The first kappa shape index (κ1) is 14.8. The van der Waals surface area contributed by atoms with E-state index < -0.39 is 6.29 Å². The van der Waals surface area contributed by atoms with E-state index in [1.165, 1.54) is 12.8 Å². The van der Waals surface area contributed by atoms with Crippen LogP contribution in [-0.2, 0) is 19.1 Å². The van der Waals surface area contributed by atoms with Gasteiger partial charge in [0.25, 0.3) is 0 Å². The fraction of sp³-hybridized carbons (Fsp3) is 0.765. The molecule has 4 nitrogen and oxygen atoms in total. The molecule has 0 N–H and O–H groups in total. The lowest BCUT2D eigenvalue weighted by molar-refractivity contribution is -0.210. The molecule has 3 aliphatic rings. The molecule has 2 bridgehead atoms. The first-order chi connectivity index (χ1) is 10.0. The van der Waals surface area contributed by atoms with Gasteiger partial charge in [0.15, 0.2) is 0 Å². The molecule has 0 heterocycles. The number of ketones is 1. The molecule has 116 valence electrons. The maximum Gasteiger partial charge on any atom is 0.312 e. The monoisotopic (exact) mass is 292 g/mol. The van der Waals surface area contributed by atoms with E-state index in [0.29, 0.717) is 6.42 Å². The van der Waals surface area contributed by atoms with E-state index in [-0.39, 0.29) is 35.1 Å². The van der Waals surface area contributed by atoms with Crippen LogP contribution in [0.4, 0.5) is 0 Å². The van der Waals surface area contributed by atoms with Gasteiger partial charge in [0.2, 0.25) is 6.29 Å². The molecule has 2 saturated carbocycles. The van der Waals surface area contributed by atoms with Crippen LogP contribution in [0.1, 0.15) is 52.4 Å². The maximum atomic E-state index is 12.3. The maximum absolute atomic E-state index is 12.3. The zero-order valence-corrected chi connectivity index (χ0v) is 12.8. The summed E-state index contributed by atoms with van der Waals surface area (Å²) >= 11 is 0. The van der Waals surface area contributed by atoms with Crippen molar-refractivity contribution in [3.8, 4) is 0 Å². The van der Waals surface area contributed by atoms with Gasteiger partial charge in [0, 0.05) is 11.8 Å². The number of carbonyl (C=O) groups is 2. The highest BCUT2D eigenvalue weighted by molar-refractivity contribution is 5.96. The standard InChI is InChI=1S/C17H24O4/c1-3-17(8-4-5-9-17)21-11(2)20-16(19)14-10-12-6-7-13(14)15(12)18/h6-7,11-14H,3-5,8-10H2,1-2H3. The second-order valence-corrected chi connectivity index (χ2v) is 6.63. The number of fused-ring (bicyclic) bond motifs is 2. The molecule has 4 unspecified atom stereocenters. The largest absolute Gasteiger partial charge is 0.436 e. The number of rotatable bonds is 5. The van der Waals surface area contributed by atoms with E-state index in [1.54, 1.807) is 6.92 Å². The zero-order valence-electron chi connectivity index (χ0n) is 12.8. The number of ether oxygens (including phenoxy) is 2. The minimum absolute atomic E-state index is 0.0689. The minimum atomic E-state index is -0.534. The predicted molar refractivity (Wildman–Crippen MR) is 77.4 cm³/mol. The summed E-state index contributed by atoms with van der Waals surface area (Å²) in [6.45, 7) is 3.91. The van der Waals surface area contributed by atoms with Crippen molar-refractivity contribution in [1.82, 2.24) is 0 Å². The van der Waals surface area contributed by atoms with Crippen LogP contribution in [-0.4, -0.2) is 23.6 Å². The van der Waals surface area contributed by atoms with Crippen LogP contribution < -0.4 is 0 Å². The molecule has 0 aliphatic heterocycles. The van der Waals surface area contributed by atoms with Gasteiger partial charge in [-0.2, -0.15) is 0 Å². The molecule has 0 radical (unpaired) electrons. The van der Waals surface area contributed by atoms with Crippen LogP contribution in [0.2, 0.25) is 0 Å². The Balaban J connectivity index is 1.55. The van der Waals surface area contributed by atoms with Crippen molar-refractivity contribution in [3.63, 3.8) is 0 Å². The summed E-state index contributed by atoms with van der Waals surface area (Å²) in [4.78, 5) is 24.1. The Morgan fingerprint density at radius 1 is 1.38 bits per heavy atom. The van der Waals surface area contributed by atoms with Gasteiger partial charge >= 0.3 is 5.97 Å². The van der Waals surface area contributed by atoms with Crippen molar-refractivity contribution in [2.24, 2.45) is 17.8 Å². The van der Waals surface area contributed by atoms with Crippen LogP contribution in [0.25, 0.3) is 0 Å². The Hall–Kier alpha value is -1.16. The molecule has 0 aromatic rings. The van der Waals surface area contributed by atoms with Crippen molar-refractivity contribution in [2.45, 2.75) is 64.3 Å². The minimum Gasteiger partial charge on any atom is -0.436 e. The molecular weight excluding hydrogens is 268 g/mol. The van der Waals surface area contributed by atoms with Crippen molar-refractivity contribution in [1.29, 1.82) is 0 Å². The quantitative estimate of drug-likeness (QED) is 0.444. The number of esters is 1. The third kappa shape index (κ3) is 2.66. The van der Waals surface area contributed by atoms with Crippen LogP contribution in [0.15, 0.2) is 12.2 Å². The average Bonchev–Trinajstić information content (AvgIpc) is 3.15. The molecule has 0 saturated heterocycles. The summed E-state index contributed by atoms with van der Waals surface area (Å²) < 4.78 is 11.5. The van der Waals surface area contributed by atoms with Gasteiger partial charge in [-0.25, -0.2) is 0 Å². The molecule has 0 aromatic carbocycles. The number of hydrogen-bond donors (Lipinski definition) is 0. The van der Waals surface area contributed by atoms with Gasteiger partial charge in [0.05, 0.1) is 11.5 Å². The smallest absolute Gasteiger partial charge is 0.312 e. The molecule has 3 aliphatic carbocycles. The summed E-state index contributed by atoms with van der Waals surface area (Å²) in [5.41, 5.74) is -0.121. The third-order valence-corrected chi connectivity index (χ3v) is 5.35. The SMILES string of the molecule is CCC1(OC(C)OC(=O)C2CC3C=CC2C3=O)CCCC1. The summed E-state index contributed by atoms with van der Waals surface area (Å²) in [5, 5.41) is 0. The highest BCUT2D eigenvalue weighted by Gasteiger charge is 2.48. The average molecular weight is 292 g/mol. The Morgan fingerprint density at radius 2 is 2.10 bits per heavy atom. The lowest BCUT2D eigenvalue weighted by Crippen LogP contribution is -2.36. The Bertz CT molecular complexity index is 461. The molecular formula is C17H24O4. The lowest BCUT2D eigenvalue weighted by Gasteiger charge is -2.31. The highest BCUT2D eigenvalue weighted by Crippen LogP contribution is 2.42. The summed E-state index contributed by atoms with van der Waals surface area (Å²) in [7, 11) is 0. The van der Waals surface area contributed by atoms with Crippen molar-refractivity contribution < 1.29 is 19.1 Å². The first-order valence-corrected chi connectivity index (χ1v) is 8.15. The number of Topliss-reactive ketones (excluding diaryl/α,β-unsaturated/α-hetero) is 1. The van der Waals surface area contributed by atoms with Gasteiger partial charge in [-0.1, -0.05) is 31.9 Å². The van der Waals surface area contributed by atoms with Gasteiger partial charge in [-0.15, -0.1) is 0 Å². The molecule has 2 fully saturated rings. The van der Waals surface area contributed by atoms with Crippen molar-refractivity contribution in [3.05, 3.63) is 12.2 Å². The van der Waals surface area contributed by atoms with Gasteiger partial charge in [-0.3, -0.25) is 9.59 Å². The normalized spacial score (nSPS) is 34.4. The van der Waals surface area contributed by atoms with E-state index in [4.69, 9.17) is 9.47 Å². The number of carbonyl (C=O) groups excluding carboxylic acids is 2. The Morgan fingerprint density at radius 3 is 2.62 bits per heavy atom. The van der Waals surface area contributed by atoms with Gasteiger partial charge < -0.3 is 9.47 Å². The Labute approximate surface area is 125 Å². The van der Waals surface area contributed by atoms with E-state index in [9.17, 15) is 9.59 Å². The lowest BCUT2D eigenvalue weighted by atomic mass is 9.94. The molecule has 3 rings (SSSR count). The topological polar surface area (TPSA) is 52.6 Å². The zero-order chi connectivity index (χ0) is 15.0. The van der Waals surface area contributed by atoms with Crippen LogP contribution in [0.5, 0.6) is 0 Å². The fourth-order valence-electron chi connectivity index (χ4n) is 4.08. The van der Waals surface area contributed by atoms with Crippen molar-refractivity contribution >= 4 is 11.8 Å². The number of allylic oxidation sites excluding steroid dienone is 2. The number of hydrogen-bond acceptors (Lipinski definition) is 4. The highest BCUT2D eigenvalue weighted by atomic mass is 16.7. The molecule has 0 aromatic heterocycles. The molecule has 4 atom stereocenters. The van der Waals surface area contributed by atoms with Crippen LogP contribution in [0, 0.1) is 17.8 Å². The first-order valence-electron chi connectivity index (χ1n) is 8.15. The molecule has 0 spiro atoms. The predicted octanol–water partition coefficient (Wildman–Crippen LogP) is 3.01. The van der Waals surface area contributed by atoms with Crippen LogP contribution in [0.3, 0.4) is 0 Å². The Kier molecular flexibility index (Phi) is 3.91. The van der Waals surface area contributed by atoms with Crippen molar-refractivity contribution in [2.75, 3.05) is 0 Å².